The van der Waals surface area contributed by atoms with Crippen LogP contribution in [-0.2, 0) is 0 Å². The predicted octanol–water partition coefficient (Wildman–Crippen LogP) is 4.05. The molecule has 1 spiro atoms. The van der Waals surface area contributed by atoms with Gasteiger partial charge in [-0.1, -0.05) is 6.07 Å². The molecule has 0 aromatic carbocycles. The number of aromatic nitrogens is 4. The van der Waals surface area contributed by atoms with Crippen LogP contribution in [0.5, 0.6) is 5.75 Å². The van der Waals surface area contributed by atoms with E-state index in [4.69, 9.17) is 4.74 Å². The van der Waals surface area contributed by atoms with Crippen LogP contribution in [0.15, 0.2) is 36.7 Å². The summed E-state index contributed by atoms with van der Waals surface area (Å²) in [5.41, 5.74) is 2.35. The quantitative estimate of drug-likeness (QED) is 0.645. The molecule has 0 unspecified atom stereocenters. The summed E-state index contributed by atoms with van der Waals surface area (Å²) in [7, 11) is 0. The second-order valence-corrected chi connectivity index (χ2v) is 9.63. The summed E-state index contributed by atoms with van der Waals surface area (Å²) in [6.45, 7) is 4.56. The lowest BCUT2D eigenvalue weighted by molar-refractivity contribution is -0.122. The van der Waals surface area contributed by atoms with Gasteiger partial charge in [0.1, 0.15) is 23.4 Å². The van der Waals surface area contributed by atoms with E-state index >= 15 is 0 Å². The van der Waals surface area contributed by atoms with Gasteiger partial charge in [-0.05, 0) is 56.4 Å². The largest absolute Gasteiger partial charge is 0.489 e. The molecule has 3 aromatic rings. The molecule has 30 heavy (non-hydrogen) atoms. The van der Waals surface area contributed by atoms with Crippen LogP contribution < -0.4 is 10.1 Å². The molecule has 1 aliphatic heterocycles. The van der Waals surface area contributed by atoms with Crippen molar-refractivity contribution in [2.45, 2.75) is 44.8 Å². The monoisotopic (exact) mass is 420 g/mol. The molecule has 3 aliphatic rings. The van der Waals surface area contributed by atoms with Gasteiger partial charge in [0.25, 0.3) is 0 Å². The Bertz CT molecular complexity index is 1050. The van der Waals surface area contributed by atoms with Gasteiger partial charge in [-0.3, -0.25) is 4.90 Å². The van der Waals surface area contributed by atoms with Crippen LogP contribution >= 0.6 is 11.5 Å². The van der Waals surface area contributed by atoms with Crippen molar-refractivity contribution in [2.75, 3.05) is 18.4 Å². The molecular weight excluding hydrogens is 396 g/mol. The summed E-state index contributed by atoms with van der Waals surface area (Å²) in [6.07, 6.45) is 9.03. The van der Waals surface area contributed by atoms with E-state index in [1.54, 1.807) is 12.4 Å². The zero-order chi connectivity index (χ0) is 20.1. The average molecular weight is 421 g/mol. The van der Waals surface area contributed by atoms with Crippen LogP contribution in [0.2, 0.25) is 0 Å². The lowest BCUT2D eigenvalue weighted by Gasteiger charge is -2.59. The van der Waals surface area contributed by atoms with E-state index in [-0.39, 0.29) is 0 Å². The summed E-state index contributed by atoms with van der Waals surface area (Å²) < 4.78 is 10.6. The third kappa shape index (κ3) is 3.44. The zero-order valence-electron chi connectivity index (χ0n) is 16.9. The summed E-state index contributed by atoms with van der Waals surface area (Å²) in [5, 5.41) is 3.93. The first-order valence-electron chi connectivity index (χ1n) is 10.6. The molecule has 0 atom stereocenters. The minimum absolute atomic E-state index is 0.328. The minimum atomic E-state index is 0.328. The van der Waals surface area contributed by atoms with E-state index in [9.17, 15) is 0 Å². The highest BCUT2D eigenvalue weighted by Gasteiger charge is 2.55. The van der Waals surface area contributed by atoms with Gasteiger partial charge in [-0.25, -0.2) is 9.97 Å². The van der Waals surface area contributed by atoms with Gasteiger partial charge in [0.2, 0.25) is 5.13 Å². The van der Waals surface area contributed by atoms with Gasteiger partial charge in [0, 0.05) is 42.3 Å². The first-order chi connectivity index (χ1) is 14.7. The van der Waals surface area contributed by atoms with Crippen LogP contribution in [0.25, 0.3) is 11.5 Å². The van der Waals surface area contributed by atoms with Crippen molar-refractivity contribution in [3.05, 3.63) is 42.2 Å². The second-order valence-electron chi connectivity index (χ2n) is 8.88. The predicted molar refractivity (Wildman–Crippen MR) is 116 cm³/mol. The number of rotatable bonds is 6. The number of hydrogen-bond donors (Lipinski definition) is 1. The number of anilines is 2. The molecular formula is C22H24N6OS. The van der Waals surface area contributed by atoms with Crippen LogP contribution in [0.1, 0.15) is 31.2 Å². The number of pyridine rings is 2. The van der Waals surface area contributed by atoms with Crippen molar-refractivity contribution in [3.8, 4) is 17.3 Å². The molecule has 6 rings (SSSR count). The molecule has 1 saturated heterocycles. The summed E-state index contributed by atoms with van der Waals surface area (Å²) in [6, 6.07) is 8.73. The highest BCUT2D eigenvalue weighted by molar-refractivity contribution is 7.09. The Balaban J connectivity index is 1.05. The second kappa shape index (κ2) is 6.99. The fraction of sp³-hybridized carbons (Fsp3) is 0.455. The Morgan fingerprint density at radius 1 is 1.17 bits per heavy atom. The maximum atomic E-state index is 6.14. The number of aryl methyl sites for hydroxylation is 1. The zero-order valence-corrected chi connectivity index (χ0v) is 17.7. The van der Waals surface area contributed by atoms with Crippen molar-refractivity contribution < 1.29 is 4.74 Å². The highest BCUT2D eigenvalue weighted by Crippen LogP contribution is 2.52. The summed E-state index contributed by atoms with van der Waals surface area (Å²) in [4.78, 5) is 16.0. The van der Waals surface area contributed by atoms with Gasteiger partial charge in [0.15, 0.2) is 5.82 Å². The molecule has 7 nitrogen and oxygen atoms in total. The van der Waals surface area contributed by atoms with E-state index in [1.165, 1.54) is 50.3 Å². The number of nitrogens with zero attached hydrogens (tertiary/aromatic N) is 5. The van der Waals surface area contributed by atoms with Crippen LogP contribution in [0.3, 0.4) is 0 Å². The minimum Gasteiger partial charge on any atom is -0.489 e. The first-order valence-corrected chi connectivity index (χ1v) is 11.3. The Morgan fingerprint density at radius 3 is 2.77 bits per heavy atom. The highest BCUT2D eigenvalue weighted by atomic mass is 32.1. The molecule has 2 aliphatic carbocycles. The maximum Gasteiger partial charge on any atom is 0.208 e. The molecule has 3 aromatic heterocycles. The van der Waals surface area contributed by atoms with Crippen molar-refractivity contribution in [1.82, 2.24) is 24.2 Å². The molecule has 0 amide bonds. The SMILES string of the molecule is Cc1cccnc1Nc1nc(-c2ccc(OC3CC4(C3)CN(C3CC3)C4)cn2)ns1. The molecule has 3 fully saturated rings. The van der Waals surface area contributed by atoms with Gasteiger partial charge in [-0.2, -0.15) is 9.36 Å². The third-order valence-corrected chi connectivity index (χ3v) is 7.02. The van der Waals surface area contributed by atoms with Gasteiger partial charge in [0.05, 0.1) is 6.20 Å². The molecule has 0 radical (unpaired) electrons. The Labute approximate surface area is 179 Å². The van der Waals surface area contributed by atoms with E-state index in [1.807, 2.05) is 31.2 Å². The van der Waals surface area contributed by atoms with E-state index in [2.05, 4.69) is 29.5 Å². The lowest BCUT2D eigenvalue weighted by Crippen LogP contribution is -2.65. The summed E-state index contributed by atoms with van der Waals surface area (Å²) in [5.74, 6) is 2.23. The van der Waals surface area contributed by atoms with E-state index < -0.39 is 0 Å². The van der Waals surface area contributed by atoms with E-state index in [0.717, 1.165) is 28.9 Å². The third-order valence-electron chi connectivity index (χ3n) is 6.39. The topological polar surface area (TPSA) is 76.1 Å². The molecule has 8 heteroatoms. The standard InChI is InChI=1S/C22H24N6OS/c1-14-3-2-8-23-19(14)25-21-26-20(27-30-21)18-7-6-16(11-24-18)29-17-9-22(10-17)12-28(13-22)15-4-5-15/h2-3,6-8,11,15,17H,4-5,9-10,12-13H2,1H3,(H,23,25,26,27). The van der Waals surface area contributed by atoms with Crippen molar-refractivity contribution >= 4 is 22.5 Å². The number of likely N-dealkylation sites (tertiary alicyclic amines) is 1. The Kier molecular flexibility index (Phi) is 4.24. The number of hydrogen-bond acceptors (Lipinski definition) is 8. The number of ether oxygens (including phenoxy) is 1. The molecule has 154 valence electrons. The van der Waals surface area contributed by atoms with Crippen molar-refractivity contribution in [3.63, 3.8) is 0 Å². The average Bonchev–Trinajstić information content (AvgIpc) is 3.43. The lowest BCUT2D eigenvalue weighted by atomic mass is 9.61. The van der Waals surface area contributed by atoms with Gasteiger partial charge < -0.3 is 10.1 Å². The number of nitrogens with one attached hydrogen (secondary N) is 1. The molecule has 2 saturated carbocycles. The fourth-order valence-corrected chi connectivity index (χ4v) is 5.21. The smallest absolute Gasteiger partial charge is 0.208 e. The van der Waals surface area contributed by atoms with Crippen LogP contribution in [0, 0.1) is 12.3 Å². The maximum absolute atomic E-state index is 6.14. The summed E-state index contributed by atoms with van der Waals surface area (Å²) >= 11 is 1.30. The molecule has 0 bridgehead atoms. The Hall–Kier alpha value is -2.58. The Morgan fingerprint density at radius 2 is 2.03 bits per heavy atom. The molecule has 4 heterocycles. The fourth-order valence-electron chi connectivity index (χ4n) is 4.63. The van der Waals surface area contributed by atoms with Crippen molar-refractivity contribution in [1.29, 1.82) is 0 Å². The van der Waals surface area contributed by atoms with E-state index in [0.29, 0.717) is 22.5 Å². The molecule has 1 N–H and O–H groups in total. The van der Waals surface area contributed by atoms with Crippen LogP contribution in [0.4, 0.5) is 10.9 Å². The normalized spacial score (nSPS) is 20.6. The van der Waals surface area contributed by atoms with Gasteiger partial charge >= 0.3 is 0 Å². The first kappa shape index (κ1) is 18.2. The van der Waals surface area contributed by atoms with Gasteiger partial charge in [-0.15, -0.1) is 0 Å². The van der Waals surface area contributed by atoms with Crippen molar-refractivity contribution in [2.24, 2.45) is 5.41 Å². The van der Waals surface area contributed by atoms with Crippen LogP contribution in [-0.4, -0.2) is 49.5 Å².